The van der Waals surface area contributed by atoms with Gasteiger partial charge in [-0.3, -0.25) is 0 Å². The van der Waals surface area contributed by atoms with Gasteiger partial charge in [0, 0.05) is 6.54 Å². The lowest BCUT2D eigenvalue weighted by atomic mass is 10.2. The third-order valence-electron chi connectivity index (χ3n) is 1.13. The molecule has 0 aromatic rings. The molecule has 1 amide bonds. The summed E-state index contributed by atoms with van der Waals surface area (Å²) < 4.78 is 17.2. The fraction of sp³-hybridized carbons (Fsp3) is 0.556. The second kappa shape index (κ2) is 5.33. The molecular formula is C9H14FNO4. The van der Waals surface area contributed by atoms with Crippen LogP contribution in [0.1, 0.15) is 20.8 Å². The SMILES string of the molecule is CC(C)(C)OC(=O)NC/C=C(/F)C(=O)O. The number of amides is 1. The fourth-order valence-electron chi connectivity index (χ4n) is 0.625. The van der Waals surface area contributed by atoms with E-state index in [9.17, 15) is 14.0 Å². The van der Waals surface area contributed by atoms with Crippen LogP contribution in [0.25, 0.3) is 0 Å². The molecule has 86 valence electrons. The van der Waals surface area contributed by atoms with Gasteiger partial charge >= 0.3 is 12.1 Å². The zero-order valence-corrected chi connectivity index (χ0v) is 8.83. The lowest BCUT2D eigenvalue weighted by Gasteiger charge is -2.19. The number of carbonyl (C=O) groups is 2. The Balaban J connectivity index is 3.93. The zero-order chi connectivity index (χ0) is 12.1. The molecule has 0 saturated heterocycles. The van der Waals surface area contributed by atoms with Gasteiger partial charge in [0.1, 0.15) is 5.60 Å². The van der Waals surface area contributed by atoms with Gasteiger partial charge in [-0.05, 0) is 26.8 Å². The smallest absolute Gasteiger partial charge is 0.407 e. The van der Waals surface area contributed by atoms with Gasteiger partial charge in [0.2, 0.25) is 5.83 Å². The largest absolute Gasteiger partial charge is 0.476 e. The van der Waals surface area contributed by atoms with Crippen LogP contribution in [-0.4, -0.2) is 29.3 Å². The van der Waals surface area contributed by atoms with Crippen molar-refractivity contribution in [3.05, 3.63) is 11.9 Å². The predicted octanol–water partition coefficient (Wildman–Crippen LogP) is 1.45. The minimum absolute atomic E-state index is 0.229. The highest BCUT2D eigenvalue weighted by Gasteiger charge is 2.15. The molecule has 5 nitrogen and oxygen atoms in total. The van der Waals surface area contributed by atoms with Gasteiger partial charge < -0.3 is 15.2 Å². The zero-order valence-electron chi connectivity index (χ0n) is 8.83. The van der Waals surface area contributed by atoms with Crippen molar-refractivity contribution in [1.29, 1.82) is 0 Å². The Morgan fingerprint density at radius 3 is 2.40 bits per heavy atom. The second-order valence-electron chi connectivity index (χ2n) is 3.74. The highest BCUT2D eigenvalue weighted by molar-refractivity contribution is 5.84. The number of hydrogen-bond acceptors (Lipinski definition) is 3. The molecule has 0 aliphatic heterocycles. The summed E-state index contributed by atoms with van der Waals surface area (Å²) in [6.07, 6.45) is 0.0173. The molecule has 0 aromatic heterocycles. The van der Waals surface area contributed by atoms with Gasteiger partial charge in [0.25, 0.3) is 0 Å². The minimum atomic E-state index is -1.67. The van der Waals surface area contributed by atoms with Crippen molar-refractivity contribution >= 4 is 12.1 Å². The summed E-state index contributed by atoms with van der Waals surface area (Å²) in [5.41, 5.74) is -0.640. The predicted molar refractivity (Wildman–Crippen MR) is 51.1 cm³/mol. The first kappa shape index (κ1) is 13.4. The van der Waals surface area contributed by atoms with Crippen molar-refractivity contribution in [3.8, 4) is 0 Å². The quantitative estimate of drug-likeness (QED) is 0.704. The maximum absolute atomic E-state index is 12.4. The van der Waals surface area contributed by atoms with Crippen molar-refractivity contribution in [2.45, 2.75) is 26.4 Å². The van der Waals surface area contributed by atoms with Crippen LogP contribution in [-0.2, 0) is 9.53 Å². The third-order valence-corrected chi connectivity index (χ3v) is 1.13. The Labute approximate surface area is 86.9 Å². The molecule has 15 heavy (non-hydrogen) atoms. The maximum atomic E-state index is 12.4. The first-order valence-corrected chi connectivity index (χ1v) is 4.28. The van der Waals surface area contributed by atoms with Crippen LogP contribution in [0.3, 0.4) is 0 Å². The van der Waals surface area contributed by atoms with Crippen LogP contribution < -0.4 is 5.32 Å². The Kier molecular flexibility index (Phi) is 4.77. The number of nitrogens with one attached hydrogen (secondary N) is 1. The maximum Gasteiger partial charge on any atom is 0.407 e. The van der Waals surface area contributed by atoms with Crippen molar-refractivity contribution in [2.75, 3.05) is 6.54 Å². The van der Waals surface area contributed by atoms with E-state index in [2.05, 4.69) is 5.32 Å². The Hall–Kier alpha value is -1.59. The molecule has 0 radical (unpaired) electrons. The van der Waals surface area contributed by atoms with E-state index in [4.69, 9.17) is 9.84 Å². The van der Waals surface area contributed by atoms with Crippen LogP contribution in [0.4, 0.5) is 9.18 Å². The monoisotopic (exact) mass is 219 g/mol. The average Bonchev–Trinajstić information content (AvgIpc) is 2.00. The van der Waals surface area contributed by atoms with Crippen molar-refractivity contribution < 1.29 is 23.8 Å². The van der Waals surface area contributed by atoms with Crippen LogP contribution in [0.5, 0.6) is 0 Å². The molecule has 0 atom stereocenters. The summed E-state index contributed by atoms with van der Waals surface area (Å²) in [4.78, 5) is 21.0. The van der Waals surface area contributed by atoms with Gasteiger partial charge in [-0.25, -0.2) is 9.59 Å². The second-order valence-corrected chi connectivity index (χ2v) is 3.74. The molecule has 0 rings (SSSR count). The molecule has 0 saturated carbocycles. The number of carboxylic acids is 1. The number of alkyl carbamates (subject to hydrolysis) is 1. The Morgan fingerprint density at radius 2 is 2.00 bits per heavy atom. The molecule has 6 heteroatoms. The molecule has 0 heterocycles. The number of carbonyl (C=O) groups excluding carboxylic acids is 1. The molecule has 0 fully saturated rings. The van der Waals surface area contributed by atoms with Gasteiger partial charge in [-0.15, -0.1) is 0 Å². The summed E-state index contributed by atoms with van der Waals surface area (Å²) in [7, 11) is 0. The van der Waals surface area contributed by atoms with E-state index < -0.39 is 23.5 Å². The summed E-state index contributed by atoms with van der Waals surface area (Å²) in [5, 5.41) is 10.3. The first-order chi connectivity index (χ1) is 6.72. The van der Waals surface area contributed by atoms with Crippen LogP contribution in [0.15, 0.2) is 11.9 Å². The lowest BCUT2D eigenvalue weighted by molar-refractivity contribution is -0.134. The molecule has 2 N–H and O–H groups in total. The van der Waals surface area contributed by atoms with Crippen molar-refractivity contribution in [3.63, 3.8) is 0 Å². The number of hydrogen-bond donors (Lipinski definition) is 2. The number of aliphatic carboxylic acids is 1. The summed E-state index contributed by atoms with van der Waals surface area (Å²) in [6.45, 7) is 4.81. The molecule has 0 bridgehead atoms. The molecular weight excluding hydrogens is 205 g/mol. The van der Waals surface area contributed by atoms with Crippen LogP contribution in [0, 0.1) is 0 Å². The minimum Gasteiger partial charge on any atom is -0.476 e. The standard InChI is InChI=1S/C9H14FNO4/c1-9(2,3)15-8(14)11-5-4-6(10)7(12)13/h4H,5H2,1-3H3,(H,11,14)(H,12,13)/b6-4+. The number of rotatable bonds is 3. The van der Waals surface area contributed by atoms with Gasteiger partial charge in [0.05, 0.1) is 0 Å². The lowest BCUT2D eigenvalue weighted by Crippen LogP contribution is -2.32. The molecule has 0 spiro atoms. The summed E-state index contributed by atoms with van der Waals surface area (Å²) in [6, 6.07) is 0. The Bertz CT molecular complexity index is 280. The number of carboxylic acid groups (broad SMARTS) is 1. The molecule has 0 aromatic carbocycles. The highest BCUT2D eigenvalue weighted by atomic mass is 19.1. The molecule has 0 aliphatic carbocycles. The van der Waals surface area contributed by atoms with E-state index in [-0.39, 0.29) is 6.54 Å². The molecule has 0 unspecified atom stereocenters. The van der Waals surface area contributed by atoms with E-state index in [0.717, 1.165) is 6.08 Å². The highest BCUT2D eigenvalue weighted by Crippen LogP contribution is 2.06. The third kappa shape index (κ3) is 7.48. The van der Waals surface area contributed by atoms with Crippen LogP contribution >= 0.6 is 0 Å². The van der Waals surface area contributed by atoms with Gasteiger partial charge in [-0.1, -0.05) is 0 Å². The van der Waals surface area contributed by atoms with E-state index in [0.29, 0.717) is 0 Å². The average molecular weight is 219 g/mol. The topological polar surface area (TPSA) is 75.6 Å². The molecule has 0 aliphatic rings. The van der Waals surface area contributed by atoms with Gasteiger partial charge in [0.15, 0.2) is 0 Å². The van der Waals surface area contributed by atoms with E-state index in [1.54, 1.807) is 20.8 Å². The fourth-order valence-corrected chi connectivity index (χ4v) is 0.625. The number of ether oxygens (including phenoxy) is 1. The summed E-state index contributed by atoms with van der Waals surface area (Å²) in [5.74, 6) is -2.98. The first-order valence-electron chi connectivity index (χ1n) is 4.28. The Morgan fingerprint density at radius 1 is 1.47 bits per heavy atom. The van der Waals surface area contributed by atoms with Crippen LogP contribution in [0.2, 0.25) is 0 Å². The van der Waals surface area contributed by atoms with Crippen molar-refractivity contribution in [1.82, 2.24) is 5.32 Å². The normalized spacial score (nSPS) is 12.1. The van der Waals surface area contributed by atoms with E-state index >= 15 is 0 Å². The van der Waals surface area contributed by atoms with Crippen molar-refractivity contribution in [2.24, 2.45) is 0 Å². The summed E-state index contributed by atoms with van der Waals surface area (Å²) >= 11 is 0. The van der Waals surface area contributed by atoms with E-state index in [1.165, 1.54) is 0 Å². The number of halogens is 1. The van der Waals surface area contributed by atoms with E-state index in [1.807, 2.05) is 0 Å². The van der Waals surface area contributed by atoms with Gasteiger partial charge in [-0.2, -0.15) is 4.39 Å².